The summed E-state index contributed by atoms with van der Waals surface area (Å²) in [7, 11) is 4.65. The van der Waals surface area contributed by atoms with Crippen molar-refractivity contribution < 1.29 is 19.1 Å². The van der Waals surface area contributed by atoms with E-state index in [4.69, 9.17) is 39.5 Å². The molecule has 3 aromatic carbocycles. The zero-order valence-electron chi connectivity index (χ0n) is 26.3. The summed E-state index contributed by atoms with van der Waals surface area (Å²) in [4.78, 5) is 46.5. The van der Waals surface area contributed by atoms with Gasteiger partial charge in [0.25, 0.3) is 17.1 Å². The number of pyridine rings is 3. The number of nitrogens with one attached hydrogen (secondary N) is 2. The van der Waals surface area contributed by atoms with E-state index in [-0.39, 0.29) is 27.7 Å². The number of fused-ring (bicyclic) bond motifs is 3. The average molecular weight is 693 g/mol. The molecule has 6 aromatic rings. The maximum Gasteiger partial charge on any atom is 0.256 e. The highest BCUT2D eigenvalue weighted by atomic mass is 35.5. The summed E-state index contributed by atoms with van der Waals surface area (Å²) >= 11 is 17.0. The molecule has 2 amide bonds. The van der Waals surface area contributed by atoms with E-state index in [1.54, 1.807) is 32.3 Å². The second kappa shape index (κ2) is 17.8. The van der Waals surface area contributed by atoms with Crippen molar-refractivity contribution in [2.45, 2.75) is 13.8 Å². The van der Waals surface area contributed by atoms with Crippen molar-refractivity contribution in [1.29, 1.82) is 0 Å². The highest BCUT2D eigenvalue weighted by molar-refractivity contribution is 6.68. The van der Waals surface area contributed by atoms with Crippen molar-refractivity contribution in [3.8, 4) is 5.88 Å². The third-order valence-corrected chi connectivity index (χ3v) is 7.17. The molecular weight excluding hydrogens is 661 g/mol. The molecule has 0 spiro atoms. The number of carbonyl (C=O) groups is 3. The van der Waals surface area contributed by atoms with Crippen LogP contribution in [0.3, 0.4) is 0 Å². The number of nitrogens with zero attached hydrogens (tertiary/aromatic N) is 3. The predicted molar refractivity (Wildman–Crippen MR) is 190 cm³/mol. The fourth-order valence-electron chi connectivity index (χ4n) is 4.17. The standard InChI is InChI=1S/C12H12N2O2.C11H9ClN2O.C10H5Cl2NO.C2H6/c1-13-11(15)9-7-8-5-3-4-6-10(8)14-12(9)16-2;1-13-11(15)8-6-7-4-2-3-5-9(7)14-10(8)12;11-9-7(10(12)14)5-6-3-1-2-4-8(6)13-9;1-2/h3-7H,1-2H3,(H,13,15);2-6H,1H3,(H,13,15);1-5H;1-2H3. The summed E-state index contributed by atoms with van der Waals surface area (Å²) in [5.74, 6) is -0.0774. The third kappa shape index (κ3) is 9.36. The molecule has 0 fully saturated rings. The van der Waals surface area contributed by atoms with Gasteiger partial charge in [-0.05, 0) is 48.0 Å². The molecule has 47 heavy (non-hydrogen) atoms. The number of carbonyl (C=O) groups excluding carboxylic acids is 3. The maximum atomic E-state index is 11.6. The fourth-order valence-corrected chi connectivity index (χ4v) is 4.82. The summed E-state index contributed by atoms with van der Waals surface area (Å²) in [5, 5.41) is 7.54. The normalized spacial score (nSPS) is 9.96. The minimum Gasteiger partial charge on any atom is -0.480 e. The van der Waals surface area contributed by atoms with Gasteiger partial charge in [0.2, 0.25) is 5.88 Å². The molecule has 0 bridgehead atoms. The van der Waals surface area contributed by atoms with Crippen LogP contribution in [-0.4, -0.2) is 53.2 Å². The first kappa shape index (κ1) is 36.6. The van der Waals surface area contributed by atoms with E-state index in [0.29, 0.717) is 17.0 Å². The molecule has 0 aliphatic heterocycles. The highest BCUT2D eigenvalue weighted by Crippen LogP contribution is 2.23. The molecular formula is C35H32Cl3N5O4. The number of rotatable bonds is 4. The zero-order valence-corrected chi connectivity index (χ0v) is 28.5. The van der Waals surface area contributed by atoms with Gasteiger partial charge in [0.1, 0.15) is 15.9 Å². The van der Waals surface area contributed by atoms with Gasteiger partial charge in [-0.25, -0.2) is 15.0 Å². The second-order valence-corrected chi connectivity index (χ2v) is 10.3. The minimum absolute atomic E-state index is 0.142. The summed E-state index contributed by atoms with van der Waals surface area (Å²) in [6, 6.07) is 27.7. The first-order valence-corrected chi connectivity index (χ1v) is 15.5. The van der Waals surface area contributed by atoms with Crippen molar-refractivity contribution in [2.75, 3.05) is 21.2 Å². The van der Waals surface area contributed by atoms with Crippen LogP contribution < -0.4 is 15.4 Å². The molecule has 242 valence electrons. The molecule has 3 heterocycles. The Labute approximate surface area is 287 Å². The van der Waals surface area contributed by atoms with Crippen molar-refractivity contribution >= 4 is 84.6 Å². The van der Waals surface area contributed by atoms with E-state index in [1.165, 1.54) is 7.11 Å². The monoisotopic (exact) mass is 691 g/mol. The lowest BCUT2D eigenvalue weighted by atomic mass is 10.1. The van der Waals surface area contributed by atoms with Gasteiger partial charge in [-0.2, -0.15) is 0 Å². The third-order valence-electron chi connectivity index (χ3n) is 6.39. The molecule has 0 aliphatic rings. The maximum absolute atomic E-state index is 11.6. The van der Waals surface area contributed by atoms with Crippen molar-refractivity contribution in [1.82, 2.24) is 25.6 Å². The van der Waals surface area contributed by atoms with Crippen molar-refractivity contribution in [2.24, 2.45) is 0 Å². The molecule has 0 unspecified atom stereocenters. The zero-order chi connectivity index (χ0) is 34.5. The number of aromatic nitrogens is 3. The molecule has 2 N–H and O–H groups in total. The molecule has 0 radical (unpaired) electrons. The van der Waals surface area contributed by atoms with Crippen molar-refractivity contribution in [3.05, 3.63) is 118 Å². The number of hydrogen-bond acceptors (Lipinski definition) is 7. The fraction of sp³-hybridized carbons (Fsp3) is 0.143. The van der Waals surface area contributed by atoms with Crippen LogP contribution in [0.2, 0.25) is 10.3 Å². The Morgan fingerprint density at radius 1 is 0.596 bits per heavy atom. The van der Waals surface area contributed by atoms with E-state index in [9.17, 15) is 14.4 Å². The lowest BCUT2D eigenvalue weighted by Gasteiger charge is -2.07. The van der Waals surface area contributed by atoms with Gasteiger partial charge in [-0.1, -0.05) is 91.6 Å². The Morgan fingerprint density at radius 3 is 1.38 bits per heavy atom. The molecule has 0 saturated heterocycles. The van der Waals surface area contributed by atoms with Crippen LogP contribution in [-0.2, 0) is 0 Å². The number of para-hydroxylation sites is 3. The number of amides is 2. The smallest absolute Gasteiger partial charge is 0.256 e. The first-order chi connectivity index (χ1) is 22.7. The average Bonchev–Trinajstić information content (AvgIpc) is 3.11. The topological polar surface area (TPSA) is 123 Å². The second-order valence-electron chi connectivity index (χ2n) is 9.21. The number of hydrogen-bond donors (Lipinski definition) is 2. The van der Waals surface area contributed by atoms with Crippen LogP contribution in [0, 0.1) is 0 Å². The van der Waals surface area contributed by atoms with Gasteiger partial charge in [-0.15, -0.1) is 0 Å². The van der Waals surface area contributed by atoms with Gasteiger partial charge >= 0.3 is 0 Å². The number of methoxy groups -OCH3 is 1. The van der Waals surface area contributed by atoms with Crippen LogP contribution in [0.1, 0.15) is 44.9 Å². The van der Waals surface area contributed by atoms with Crippen LogP contribution in [0.4, 0.5) is 0 Å². The summed E-state index contributed by atoms with van der Waals surface area (Å²) in [6.45, 7) is 4.00. The largest absolute Gasteiger partial charge is 0.480 e. The van der Waals surface area contributed by atoms with E-state index in [1.807, 2.05) is 86.6 Å². The Bertz CT molecular complexity index is 2040. The van der Waals surface area contributed by atoms with Crippen LogP contribution in [0.15, 0.2) is 91.0 Å². The van der Waals surface area contributed by atoms with E-state index in [0.717, 1.165) is 32.7 Å². The first-order valence-electron chi connectivity index (χ1n) is 14.3. The Balaban J connectivity index is 0.000000187. The van der Waals surface area contributed by atoms with Gasteiger partial charge in [0, 0.05) is 30.3 Å². The Morgan fingerprint density at radius 2 is 0.957 bits per heavy atom. The summed E-state index contributed by atoms with van der Waals surface area (Å²) < 4.78 is 5.10. The van der Waals surface area contributed by atoms with Gasteiger partial charge in [0.15, 0.2) is 0 Å². The Kier molecular flexibility index (Phi) is 13.8. The molecule has 0 saturated carbocycles. The lowest BCUT2D eigenvalue weighted by molar-refractivity contribution is 0.0953. The molecule has 9 nitrogen and oxygen atoms in total. The quantitative estimate of drug-likeness (QED) is 0.141. The van der Waals surface area contributed by atoms with Crippen molar-refractivity contribution in [3.63, 3.8) is 0 Å². The molecule has 0 aliphatic carbocycles. The number of ether oxygens (including phenoxy) is 1. The molecule has 6 rings (SSSR count). The minimum atomic E-state index is -0.590. The van der Waals surface area contributed by atoms with E-state index in [2.05, 4.69) is 25.6 Å². The molecule has 0 atom stereocenters. The van der Waals surface area contributed by atoms with Gasteiger partial charge < -0.3 is 15.4 Å². The van der Waals surface area contributed by atoms with Crippen LogP contribution in [0.5, 0.6) is 5.88 Å². The summed E-state index contributed by atoms with van der Waals surface area (Å²) in [6.07, 6.45) is 0. The Hall–Kier alpha value is -4.83. The summed E-state index contributed by atoms with van der Waals surface area (Å²) in [5.41, 5.74) is 3.44. The predicted octanol–water partition coefficient (Wildman–Crippen LogP) is 8.14. The van der Waals surface area contributed by atoms with Gasteiger partial charge in [-0.3, -0.25) is 14.4 Å². The SMILES string of the molecule is CC.CNC(=O)c1cc2ccccc2nc1Cl.CNC(=O)c1cc2ccccc2nc1OC.O=C(Cl)c1cc2ccccc2nc1Cl. The van der Waals surface area contributed by atoms with Gasteiger partial charge in [0.05, 0.1) is 34.8 Å². The number of halogens is 3. The molecule has 3 aromatic heterocycles. The van der Waals surface area contributed by atoms with E-state index >= 15 is 0 Å². The van der Waals surface area contributed by atoms with E-state index < -0.39 is 5.24 Å². The van der Waals surface area contributed by atoms with Crippen LogP contribution >= 0.6 is 34.8 Å². The highest BCUT2D eigenvalue weighted by Gasteiger charge is 2.14. The number of benzene rings is 3. The van der Waals surface area contributed by atoms with Crippen LogP contribution in [0.25, 0.3) is 32.7 Å². The lowest BCUT2D eigenvalue weighted by Crippen LogP contribution is -2.19. The molecule has 12 heteroatoms.